The highest BCUT2D eigenvalue weighted by molar-refractivity contribution is 5.13. The lowest BCUT2D eigenvalue weighted by Crippen LogP contribution is -2.53. The van der Waals surface area contributed by atoms with E-state index >= 15 is 0 Å². The predicted octanol–water partition coefficient (Wildman–Crippen LogP) is 7.24. The van der Waals surface area contributed by atoms with Crippen molar-refractivity contribution < 1.29 is 5.11 Å². The number of aliphatic hydroxyl groups excluding tert-OH is 1. The Hall–Kier alpha value is -0.300. The first-order valence-corrected chi connectivity index (χ1v) is 12.6. The van der Waals surface area contributed by atoms with Gasteiger partial charge in [-0.25, -0.2) is 0 Å². The van der Waals surface area contributed by atoms with Crippen LogP contribution in [0.25, 0.3) is 0 Å². The van der Waals surface area contributed by atoms with Crippen molar-refractivity contribution in [1.29, 1.82) is 0 Å². The molecule has 0 bridgehead atoms. The fourth-order valence-corrected chi connectivity index (χ4v) is 8.98. The van der Waals surface area contributed by atoms with Crippen LogP contribution in [0.2, 0.25) is 0 Å². The largest absolute Gasteiger partial charge is 0.393 e. The summed E-state index contributed by atoms with van der Waals surface area (Å²) in [4.78, 5) is 0. The molecule has 4 saturated carbocycles. The topological polar surface area (TPSA) is 20.2 Å². The summed E-state index contributed by atoms with van der Waals surface area (Å²) in [6.45, 7) is 12.2. The van der Waals surface area contributed by atoms with Crippen LogP contribution in [-0.4, -0.2) is 11.2 Å². The van der Waals surface area contributed by atoms with Crippen LogP contribution in [0.5, 0.6) is 0 Å². The van der Waals surface area contributed by atoms with E-state index in [0.29, 0.717) is 22.7 Å². The van der Waals surface area contributed by atoms with E-state index in [9.17, 15) is 5.11 Å². The number of rotatable bonds is 4. The van der Waals surface area contributed by atoms with Crippen LogP contribution in [0.15, 0.2) is 12.2 Å². The molecule has 1 nitrogen and oxygen atoms in total. The number of allylic oxidation sites excluding steroid dienone is 2. The molecular formula is C27H46O. The van der Waals surface area contributed by atoms with Gasteiger partial charge in [0.05, 0.1) is 6.10 Å². The zero-order valence-electron chi connectivity index (χ0n) is 19.3. The van der Waals surface area contributed by atoms with Crippen molar-refractivity contribution in [3.8, 4) is 0 Å². The molecule has 0 aliphatic heterocycles. The minimum Gasteiger partial charge on any atom is -0.393 e. The maximum Gasteiger partial charge on any atom is 0.0582 e. The number of hydrogen-bond acceptors (Lipinski definition) is 1. The first-order chi connectivity index (χ1) is 13.3. The first-order valence-electron chi connectivity index (χ1n) is 12.6. The van der Waals surface area contributed by atoms with Crippen molar-refractivity contribution in [2.24, 2.45) is 52.3 Å². The monoisotopic (exact) mass is 386 g/mol. The van der Waals surface area contributed by atoms with Gasteiger partial charge in [0.2, 0.25) is 0 Å². The molecule has 9 unspecified atom stereocenters. The van der Waals surface area contributed by atoms with Gasteiger partial charge in [0.25, 0.3) is 0 Å². The van der Waals surface area contributed by atoms with Gasteiger partial charge < -0.3 is 5.11 Å². The van der Waals surface area contributed by atoms with Gasteiger partial charge in [-0.3, -0.25) is 0 Å². The Balaban J connectivity index is 1.55. The van der Waals surface area contributed by atoms with Crippen LogP contribution in [0.4, 0.5) is 0 Å². The highest BCUT2D eigenvalue weighted by Crippen LogP contribution is 2.68. The first kappa shape index (κ1) is 21.0. The molecule has 0 heterocycles. The zero-order valence-corrected chi connectivity index (χ0v) is 19.3. The summed E-state index contributed by atoms with van der Waals surface area (Å²) in [6, 6.07) is 0. The standard InChI is InChI=1S/C27H46O/c1-18(2)9-8-10-19(3)25-24(28)17-23-21-13-12-20-11-6-7-15-26(20,4)22(21)14-16-27(23,25)5/h8,10,18-25,28H,6-7,9,11-17H2,1-5H3/b10-8-. The van der Waals surface area contributed by atoms with Gasteiger partial charge in [-0.2, -0.15) is 0 Å². The van der Waals surface area contributed by atoms with Crippen LogP contribution < -0.4 is 0 Å². The van der Waals surface area contributed by atoms with Gasteiger partial charge in [-0.15, -0.1) is 0 Å². The van der Waals surface area contributed by atoms with Crippen molar-refractivity contribution in [1.82, 2.24) is 0 Å². The highest BCUT2D eigenvalue weighted by atomic mass is 16.3. The molecule has 0 spiro atoms. The molecule has 0 saturated heterocycles. The summed E-state index contributed by atoms with van der Waals surface area (Å²) in [5, 5.41) is 11.2. The van der Waals surface area contributed by atoms with E-state index in [1.54, 1.807) is 0 Å². The fraction of sp³-hybridized carbons (Fsp3) is 0.926. The minimum atomic E-state index is -0.0932. The predicted molar refractivity (Wildman–Crippen MR) is 119 cm³/mol. The molecular weight excluding hydrogens is 340 g/mol. The second-order valence-corrected chi connectivity index (χ2v) is 12.2. The molecule has 1 N–H and O–H groups in total. The minimum absolute atomic E-state index is 0.0932. The molecule has 160 valence electrons. The van der Waals surface area contributed by atoms with Gasteiger partial charge >= 0.3 is 0 Å². The molecule has 4 aliphatic rings. The molecule has 1 heteroatoms. The molecule has 0 amide bonds. The van der Waals surface area contributed by atoms with Crippen molar-refractivity contribution >= 4 is 0 Å². The third-order valence-corrected chi connectivity index (χ3v) is 10.3. The van der Waals surface area contributed by atoms with E-state index in [2.05, 4.69) is 46.8 Å². The van der Waals surface area contributed by atoms with E-state index in [0.717, 1.165) is 42.4 Å². The average Bonchev–Trinajstić information content (AvgIpc) is 2.91. The van der Waals surface area contributed by atoms with Crippen LogP contribution in [0, 0.1) is 52.3 Å². The Labute approximate surface area is 174 Å². The van der Waals surface area contributed by atoms with Gasteiger partial charge in [0.15, 0.2) is 0 Å². The fourth-order valence-electron chi connectivity index (χ4n) is 8.98. The lowest BCUT2D eigenvalue weighted by atomic mass is 9.44. The Morgan fingerprint density at radius 2 is 1.71 bits per heavy atom. The lowest BCUT2D eigenvalue weighted by molar-refractivity contribution is -0.113. The SMILES string of the molecule is CC(C)C/C=C\C(C)C1C(O)CC2C3CCC4CCCCC4(C)C3CCC21C. The molecule has 0 radical (unpaired) electrons. The van der Waals surface area contributed by atoms with E-state index in [-0.39, 0.29) is 6.10 Å². The molecule has 4 rings (SSSR count). The van der Waals surface area contributed by atoms with Crippen LogP contribution in [0.3, 0.4) is 0 Å². The smallest absolute Gasteiger partial charge is 0.0582 e. The molecule has 0 aromatic carbocycles. The van der Waals surface area contributed by atoms with Crippen molar-refractivity contribution in [3.05, 3.63) is 12.2 Å². The maximum atomic E-state index is 11.2. The van der Waals surface area contributed by atoms with Crippen LogP contribution in [-0.2, 0) is 0 Å². The molecule has 0 aromatic rings. The summed E-state index contributed by atoms with van der Waals surface area (Å²) in [6.07, 6.45) is 18.6. The van der Waals surface area contributed by atoms with Gasteiger partial charge in [0, 0.05) is 0 Å². The third-order valence-electron chi connectivity index (χ3n) is 10.3. The maximum absolute atomic E-state index is 11.2. The molecule has 4 fully saturated rings. The number of fused-ring (bicyclic) bond motifs is 5. The summed E-state index contributed by atoms with van der Waals surface area (Å²) in [5.41, 5.74) is 0.953. The zero-order chi connectivity index (χ0) is 20.1. The summed E-state index contributed by atoms with van der Waals surface area (Å²) >= 11 is 0. The summed E-state index contributed by atoms with van der Waals surface area (Å²) in [7, 11) is 0. The molecule has 9 atom stereocenters. The van der Waals surface area contributed by atoms with E-state index in [1.165, 1.54) is 51.4 Å². The van der Waals surface area contributed by atoms with E-state index < -0.39 is 0 Å². The van der Waals surface area contributed by atoms with Crippen molar-refractivity contribution in [2.45, 2.75) is 105 Å². The second-order valence-electron chi connectivity index (χ2n) is 12.2. The lowest BCUT2D eigenvalue weighted by Gasteiger charge is -2.60. The Kier molecular flexibility index (Phi) is 5.80. The summed E-state index contributed by atoms with van der Waals surface area (Å²) in [5.74, 6) is 5.24. The normalized spacial score (nSPS) is 49.7. The quantitative estimate of drug-likeness (QED) is 0.505. The molecule has 28 heavy (non-hydrogen) atoms. The van der Waals surface area contributed by atoms with Crippen LogP contribution in [0.1, 0.15) is 98.8 Å². The second kappa shape index (κ2) is 7.75. The Bertz CT molecular complexity index is 579. The van der Waals surface area contributed by atoms with Crippen molar-refractivity contribution in [2.75, 3.05) is 0 Å². The Morgan fingerprint density at radius 3 is 2.46 bits per heavy atom. The average molecular weight is 387 g/mol. The number of aliphatic hydroxyl groups is 1. The highest BCUT2D eigenvalue weighted by Gasteiger charge is 2.62. The van der Waals surface area contributed by atoms with Gasteiger partial charge in [-0.1, -0.05) is 59.6 Å². The van der Waals surface area contributed by atoms with Crippen LogP contribution >= 0.6 is 0 Å². The summed E-state index contributed by atoms with van der Waals surface area (Å²) < 4.78 is 0. The van der Waals surface area contributed by atoms with E-state index in [1.807, 2.05) is 0 Å². The molecule has 4 aliphatic carbocycles. The van der Waals surface area contributed by atoms with E-state index in [4.69, 9.17) is 0 Å². The Morgan fingerprint density at radius 1 is 0.929 bits per heavy atom. The molecule has 0 aromatic heterocycles. The third kappa shape index (κ3) is 3.32. The van der Waals surface area contributed by atoms with Gasteiger partial charge in [-0.05, 0) is 104 Å². The van der Waals surface area contributed by atoms with Crippen molar-refractivity contribution in [3.63, 3.8) is 0 Å². The number of hydrogen-bond donors (Lipinski definition) is 1. The van der Waals surface area contributed by atoms with Gasteiger partial charge in [0.1, 0.15) is 0 Å².